The Morgan fingerprint density at radius 3 is 2.89 bits per heavy atom. The molecule has 1 aliphatic rings. The number of hydrogen-bond acceptors (Lipinski definition) is 4. The lowest BCUT2D eigenvalue weighted by atomic mass is 10.1. The largest absolute Gasteiger partial charge is 0.481 e. The Bertz CT molecular complexity index is 377. The van der Waals surface area contributed by atoms with Gasteiger partial charge in [-0.15, -0.1) is 0 Å². The van der Waals surface area contributed by atoms with E-state index in [0.29, 0.717) is 11.8 Å². The molecule has 106 valence electrons. The van der Waals surface area contributed by atoms with Crippen molar-refractivity contribution < 1.29 is 4.74 Å². The Kier molecular flexibility index (Phi) is 5.61. The summed E-state index contributed by atoms with van der Waals surface area (Å²) in [4.78, 5) is 6.96. The first-order chi connectivity index (χ1) is 9.28. The van der Waals surface area contributed by atoms with Gasteiger partial charge in [0.05, 0.1) is 12.8 Å². The van der Waals surface area contributed by atoms with E-state index >= 15 is 0 Å². The zero-order valence-electron chi connectivity index (χ0n) is 12.1. The maximum absolute atomic E-state index is 5.13. The van der Waals surface area contributed by atoms with Gasteiger partial charge in [-0.25, -0.2) is 4.98 Å². The van der Waals surface area contributed by atoms with E-state index in [9.17, 15) is 0 Å². The SMILES string of the molecule is COc1cccc(CNCC(C)CN2CCCC2)n1. The zero-order valence-corrected chi connectivity index (χ0v) is 12.1. The van der Waals surface area contributed by atoms with Crippen molar-refractivity contribution in [2.45, 2.75) is 26.3 Å². The second kappa shape index (κ2) is 7.46. The first-order valence-corrected chi connectivity index (χ1v) is 7.21. The van der Waals surface area contributed by atoms with Crippen molar-refractivity contribution in [1.82, 2.24) is 15.2 Å². The molecule has 1 atom stereocenters. The Hall–Kier alpha value is -1.13. The third-order valence-corrected chi connectivity index (χ3v) is 3.56. The molecule has 0 radical (unpaired) electrons. The fourth-order valence-corrected chi connectivity index (χ4v) is 2.59. The zero-order chi connectivity index (χ0) is 13.5. The van der Waals surface area contributed by atoms with Crippen molar-refractivity contribution in [1.29, 1.82) is 0 Å². The Morgan fingerprint density at radius 1 is 1.37 bits per heavy atom. The number of pyridine rings is 1. The van der Waals surface area contributed by atoms with Crippen LogP contribution < -0.4 is 10.1 Å². The van der Waals surface area contributed by atoms with Crippen molar-refractivity contribution in [2.24, 2.45) is 5.92 Å². The molecule has 1 unspecified atom stereocenters. The second-order valence-electron chi connectivity index (χ2n) is 5.42. The minimum atomic E-state index is 0.684. The molecule has 1 N–H and O–H groups in total. The topological polar surface area (TPSA) is 37.4 Å². The molecule has 0 saturated carbocycles. The molecule has 0 amide bonds. The van der Waals surface area contributed by atoms with Crippen LogP contribution in [0.2, 0.25) is 0 Å². The van der Waals surface area contributed by atoms with E-state index in [1.165, 1.54) is 32.5 Å². The summed E-state index contributed by atoms with van der Waals surface area (Å²) in [5.74, 6) is 1.37. The van der Waals surface area contributed by atoms with Crippen molar-refractivity contribution in [3.05, 3.63) is 23.9 Å². The Labute approximate surface area is 116 Å². The van der Waals surface area contributed by atoms with Crippen LogP contribution in [0.3, 0.4) is 0 Å². The van der Waals surface area contributed by atoms with Gasteiger partial charge in [0.25, 0.3) is 0 Å². The van der Waals surface area contributed by atoms with Crippen LogP contribution >= 0.6 is 0 Å². The average Bonchev–Trinajstić information content (AvgIpc) is 2.92. The van der Waals surface area contributed by atoms with Crippen molar-refractivity contribution in [3.63, 3.8) is 0 Å². The fourth-order valence-electron chi connectivity index (χ4n) is 2.59. The van der Waals surface area contributed by atoms with Crippen LogP contribution in [0.25, 0.3) is 0 Å². The third-order valence-electron chi connectivity index (χ3n) is 3.56. The Balaban J connectivity index is 1.67. The second-order valence-corrected chi connectivity index (χ2v) is 5.42. The minimum Gasteiger partial charge on any atom is -0.481 e. The van der Waals surface area contributed by atoms with Crippen LogP contribution in [0.1, 0.15) is 25.5 Å². The summed E-state index contributed by atoms with van der Waals surface area (Å²) in [6, 6.07) is 5.89. The van der Waals surface area contributed by atoms with Gasteiger partial charge < -0.3 is 15.0 Å². The fraction of sp³-hybridized carbons (Fsp3) is 0.667. The smallest absolute Gasteiger partial charge is 0.213 e. The molecule has 0 aliphatic carbocycles. The Morgan fingerprint density at radius 2 is 2.16 bits per heavy atom. The standard InChI is InChI=1S/C15H25N3O/c1-13(12-18-8-3-4-9-18)10-16-11-14-6-5-7-15(17-14)19-2/h5-7,13,16H,3-4,8-12H2,1-2H3. The number of rotatable bonds is 7. The highest BCUT2D eigenvalue weighted by Gasteiger charge is 2.14. The van der Waals surface area contributed by atoms with Crippen LogP contribution in [-0.2, 0) is 6.54 Å². The van der Waals surface area contributed by atoms with Crippen molar-refractivity contribution in [2.75, 3.05) is 33.3 Å². The first-order valence-electron chi connectivity index (χ1n) is 7.21. The quantitative estimate of drug-likeness (QED) is 0.815. The summed E-state index contributed by atoms with van der Waals surface area (Å²) in [7, 11) is 1.65. The molecule has 0 aromatic carbocycles. The van der Waals surface area contributed by atoms with Gasteiger partial charge >= 0.3 is 0 Å². The molecule has 2 heterocycles. The van der Waals surface area contributed by atoms with Gasteiger partial charge in [0.15, 0.2) is 0 Å². The van der Waals surface area contributed by atoms with E-state index in [4.69, 9.17) is 4.74 Å². The first kappa shape index (κ1) is 14.3. The van der Waals surface area contributed by atoms with Gasteiger partial charge in [0.2, 0.25) is 5.88 Å². The van der Waals surface area contributed by atoms with Crippen LogP contribution in [0.5, 0.6) is 5.88 Å². The van der Waals surface area contributed by atoms with E-state index in [1.807, 2.05) is 18.2 Å². The number of hydrogen-bond donors (Lipinski definition) is 1. The average molecular weight is 263 g/mol. The number of aromatic nitrogens is 1. The lowest BCUT2D eigenvalue weighted by Crippen LogP contribution is -2.31. The highest BCUT2D eigenvalue weighted by Crippen LogP contribution is 2.10. The lowest BCUT2D eigenvalue weighted by molar-refractivity contribution is 0.282. The molecule has 4 heteroatoms. The van der Waals surface area contributed by atoms with Gasteiger partial charge in [-0.05, 0) is 44.5 Å². The number of methoxy groups -OCH3 is 1. The van der Waals surface area contributed by atoms with Crippen molar-refractivity contribution >= 4 is 0 Å². The molecule has 19 heavy (non-hydrogen) atoms. The normalized spacial score (nSPS) is 17.6. The van der Waals surface area contributed by atoms with Gasteiger partial charge in [0, 0.05) is 19.2 Å². The molecule has 0 bridgehead atoms. The molecule has 2 rings (SSSR count). The van der Waals surface area contributed by atoms with E-state index < -0.39 is 0 Å². The summed E-state index contributed by atoms with van der Waals surface area (Å²) in [5.41, 5.74) is 1.03. The van der Waals surface area contributed by atoms with E-state index in [-0.39, 0.29) is 0 Å². The molecule has 1 aliphatic heterocycles. The number of nitrogens with zero attached hydrogens (tertiary/aromatic N) is 2. The van der Waals surface area contributed by atoms with Crippen LogP contribution in [0, 0.1) is 5.92 Å². The molecular weight excluding hydrogens is 238 g/mol. The number of nitrogens with one attached hydrogen (secondary N) is 1. The van der Waals surface area contributed by atoms with E-state index in [2.05, 4.69) is 22.1 Å². The summed E-state index contributed by atoms with van der Waals surface area (Å²) in [6.45, 7) is 7.92. The molecule has 1 saturated heterocycles. The van der Waals surface area contributed by atoms with Gasteiger partial charge in [-0.2, -0.15) is 0 Å². The number of ether oxygens (including phenoxy) is 1. The summed E-state index contributed by atoms with van der Waals surface area (Å²) in [5, 5.41) is 3.48. The highest BCUT2D eigenvalue weighted by molar-refractivity contribution is 5.15. The molecule has 0 spiro atoms. The molecule has 4 nitrogen and oxygen atoms in total. The predicted octanol–water partition coefficient (Wildman–Crippen LogP) is 1.91. The minimum absolute atomic E-state index is 0.684. The van der Waals surface area contributed by atoms with Crippen LogP contribution in [0.4, 0.5) is 0 Å². The summed E-state index contributed by atoms with van der Waals surface area (Å²) >= 11 is 0. The number of likely N-dealkylation sites (tertiary alicyclic amines) is 1. The molecular formula is C15H25N3O. The third kappa shape index (κ3) is 4.80. The maximum atomic E-state index is 5.13. The summed E-state index contributed by atoms with van der Waals surface area (Å²) in [6.07, 6.45) is 2.74. The molecule has 1 fully saturated rings. The van der Waals surface area contributed by atoms with Crippen molar-refractivity contribution in [3.8, 4) is 5.88 Å². The highest BCUT2D eigenvalue weighted by atomic mass is 16.5. The van der Waals surface area contributed by atoms with E-state index in [1.54, 1.807) is 7.11 Å². The van der Waals surface area contributed by atoms with Crippen LogP contribution in [-0.4, -0.2) is 43.2 Å². The monoisotopic (exact) mass is 263 g/mol. The van der Waals surface area contributed by atoms with Gasteiger partial charge in [-0.3, -0.25) is 0 Å². The summed E-state index contributed by atoms with van der Waals surface area (Å²) < 4.78 is 5.13. The van der Waals surface area contributed by atoms with E-state index in [0.717, 1.165) is 18.8 Å². The van der Waals surface area contributed by atoms with Gasteiger partial charge in [-0.1, -0.05) is 13.0 Å². The van der Waals surface area contributed by atoms with Crippen LogP contribution in [0.15, 0.2) is 18.2 Å². The molecule has 1 aromatic rings. The predicted molar refractivity (Wildman–Crippen MR) is 77.3 cm³/mol. The van der Waals surface area contributed by atoms with Gasteiger partial charge in [0.1, 0.15) is 0 Å². The lowest BCUT2D eigenvalue weighted by Gasteiger charge is -2.20. The maximum Gasteiger partial charge on any atom is 0.213 e. The molecule has 1 aromatic heterocycles.